The molecule has 0 radical (unpaired) electrons. The van der Waals surface area contributed by atoms with E-state index < -0.39 is 0 Å². The lowest BCUT2D eigenvalue weighted by molar-refractivity contribution is -0.121. The number of rotatable bonds is 6. The van der Waals surface area contributed by atoms with E-state index in [2.05, 4.69) is 10.3 Å². The largest absolute Gasteiger partial charge is 0.497 e. The molecular weight excluding hydrogens is 464 g/mol. The van der Waals surface area contributed by atoms with E-state index in [1.807, 2.05) is 29.2 Å². The number of benzene rings is 2. The highest BCUT2D eigenvalue weighted by Gasteiger charge is 2.30. The molecule has 0 unspecified atom stereocenters. The topological polar surface area (TPSA) is 83.0 Å². The van der Waals surface area contributed by atoms with Gasteiger partial charge >= 0.3 is 0 Å². The van der Waals surface area contributed by atoms with Crippen LogP contribution in [0.3, 0.4) is 0 Å². The lowest BCUT2D eigenvalue weighted by Crippen LogP contribution is -2.48. The maximum Gasteiger partial charge on any atom is 0.253 e. The molecule has 9 heteroatoms. The van der Waals surface area contributed by atoms with Gasteiger partial charge in [0.1, 0.15) is 10.8 Å². The first kappa shape index (κ1) is 23.2. The molecule has 0 atom stereocenters. The molecule has 3 aromatic rings. The lowest BCUT2D eigenvalue weighted by Gasteiger charge is -2.34. The third-order valence-electron chi connectivity index (χ3n) is 6.38. The van der Waals surface area contributed by atoms with Crippen molar-refractivity contribution in [2.24, 2.45) is 0 Å². The monoisotopic (exact) mass is 490 g/mol. The smallest absolute Gasteiger partial charge is 0.253 e. The highest BCUT2D eigenvalue weighted by atomic mass is 32.1. The second kappa shape index (κ2) is 9.97. The van der Waals surface area contributed by atoms with Gasteiger partial charge in [0, 0.05) is 55.5 Å². The van der Waals surface area contributed by atoms with Crippen molar-refractivity contribution in [3.63, 3.8) is 0 Å². The Morgan fingerprint density at radius 2 is 1.60 bits per heavy atom. The molecule has 180 valence electrons. The normalized spacial score (nSPS) is 16.7. The maximum atomic E-state index is 13.0. The van der Waals surface area contributed by atoms with E-state index >= 15 is 0 Å². The molecule has 5 rings (SSSR count). The van der Waals surface area contributed by atoms with Crippen molar-refractivity contribution in [1.29, 1.82) is 0 Å². The molecule has 2 aromatic carbocycles. The zero-order chi connectivity index (χ0) is 24.4. The van der Waals surface area contributed by atoms with Gasteiger partial charge in [-0.25, -0.2) is 4.98 Å². The first-order chi connectivity index (χ1) is 17.0. The predicted molar refractivity (Wildman–Crippen MR) is 133 cm³/mol. The number of carbonyl (C=O) groups excluding carboxylic acids is 3. The van der Waals surface area contributed by atoms with Crippen LogP contribution < -0.4 is 9.64 Å². The molecule has 2 fully saturated rings. The van der Waals surface area contributed by atoms with Crippen LogP contribution in [-0.4, -0.2) is 65.8 Å². The number of methoxy groups -OCH3 is 1. The number of anilines is 1. The number of imide groups is 1. The summed E-state index contributed by atoms with van der Waals surface area (Å²) in [6.07, 6.45) is 0.487. The number of amides is 3. The Kier molecular flexibility index (Phi) is 6.61. The van der Waals surface area contributed by atoms with Crippen molar-refractivity contribution in [1.82, 2.24) is 14.8 Å². The minimum absolute atomic E-state index is 0.0358. The summed E-state index contributed by atoms with van der Waals surface area (Å²) < 4.78 is 5.22. The summed E-state index contributed by atoms with van der Waals surface area (Å²) in [6.45, 7) is 3.59. The Morgan fingerprint density at radius 1 is 0.943 bits per heavy atom. The maximum absolute atomic E-state index is 13.0. The first-order valence-electron chi connectivity index (χ1n) is 11.6. The lowest BCUT2D eigenvalue weighted by atomic mass is 10.1. The van der Waals surface area contributed by atoms with Gasteiger partial charge in [0.15, 0.2) is 0 Å². The zero-order valence-corrected chi connectivity index (χ0v) is 20.3. The molecule has 3 amide bonds. The molecular formula is C26H26N4O4S. The van der Waals surface area contributed by atoms with Gasteiger partial charge in [-0.15, -0.1) is 11.3 Å². The summed E-state index contributed by atoms with van der Waals surface area (Å²) in [5.41, 5.74) is 3.11. The molecule has 0 spiro atoms. The van der Waals surface area contributed by atoms with Crippen molar-refractivity contribution in [2.45, 2.75) is 19.4 Å². The van der Waals surface area contributed by atoms with Gasteiger partial charge in [-0.2, -0.15) is 0 Å². The zero-order valence-electron chi connectivity index (χ0n) is 19.5. The van der Waals surface area contributed by atoms with Crippen LogP contribution in [0, 0.1) is 0 Å². The van der Waals surface area contributed by atoms with E-state index in [1.54, 1.807) is 42.7 Å². The molecule has 0 saturated carbocycles. The summed E-state index contributed by atoms with van der Waals surface area (Å²) in [6, 6.07) is 14.6. The number of hydrogen-bond donors (Lipinski definition) is 0. The highest BCUT2D eigenvalue weighted by molar-refractivity contribution is 7.09. The average molecular weight is 491 g/mol. The second-order valence-corrected chi connectivity index (χ2v) is 9.54. The third-order valence-corrected chi connectivity index (χ3v) is 7.21. The van der Waals surface area contributed by atoms with Crippen molar-refractivity contribution in [3.05, 3.63) is 64.5 Å². The molecule has 0 N–H and O–H groups in total. The Balaban J connectivity index is 1.15. The number of thiazole rings is 1. The van der Waals surface area contributed by atoms with E-state index in [0.717, 1.165) is 41.6 Å². The average Bonchev–Trinajstić information content (AvgIpc) is 3.50. The fourth-order valence-corrected chi connectivity index (χ4v) is 5.22. The van der Waals surface area contributed by atoms with E-state index in [0.29, 0.717) is 24.3 Å². The third kappa shape index (κ3) is 4.96. The van der Waals surface area contributed by atoms with E-state index in [9.17, 15) is 14.4 Å². The fraction of sp³-hybridized carbons (Fsp3) is 0.308. The van der Waals surface area contributed by atoms with Gasteiger partial charge in [-0.3, -0.25) is 24.2 Å². The van der Waals surface area contributed by atoms with Crippen LogP contribution in [0.1, 0.15) is 28.2 Å². The molecule has 2 aliphatic heterocycles. The number of ether oxygens (including phenoxy) is 1. The van der Waals surface area contributed by atoms with Gasteiger partial charge < -0.3 is 9.64 Å². The van der Waals surface area contributed by atoms with Gasteiger partial charge in [0.2, 0.25) is 11.8 Å². The van der Waals surface area contributed by atoms with Crippen LogP contribution >= 0.6 is 11.3 Å². The number of hydrogen-bond acceptors (Lipinski definition) is 7. The van der Waals surface area contributed by atoms with Crippen molar-refractivity contribution >= 4 is 34.7 Å². The van der Waals surface area contributed by atoms with E-state index in [-0.39, 0.29) is 30.6 Å². The number of aromatic nitrogens is 1. The molecule has 0 bridgehead atoms. The SMILES string of the molecule is COc1ccc(-c2csc(CN3CCN(C(=O)c4ccc(N5C(=O)CCC5=O)cc4)CC3)n2)cc1. The molecule has 1 aromatic heterocycles. The quantitative estimate of drug-likeness (QED) is 0.493. The van der Waals surface area contributed by atoms with Gasteiger partial charge in [-0.05, 0) is 48.5 Å². The van der Waals surface area contributed by atoms with Crippen LogP contribution in [0.2, 0.25) is 0 Å². The summed E-state index contributed by atoms with van der Waals surface area (Å²) in [7, 11) is 1.65. The molecule has 3 heterocycles. The van der Waals surface area contributed by atoms with Gasteiger partial charge in [-0.1, -0.05) is 0 Å². The Bertz CT molecular complexity index is 1210. The minimum Gasteiger partial charge on any atom is -0.497 e. The molecule has 2 saturated heterocycles. The van der Waals surface area contributed by atoms with Crippen molar-refractivity contribution < 1.29 is 19.1 Å². The van der Waals surface area contributed by atoms with Crippen LogP contribution in [-0.2, 0) is 16.1 Å². The minimum atomic E-state index is -0.193. The van der Waals surface area contributed by atoms with Crippen molar-refractivity contribution in [2.75, 3.05) is 38.2 Å². The molecule has 8 nitrogen and oxygen atoms in total. The standard InChI is InChI=1S/C26H26N4O4S/c1-34-21-8-4-18(5-9-21)22-17-35-23(27-22)16-28-12-14-29(15-13-28)26(33)19-2-6-20(7-3-19)30-24(31)10-11-25(30)32/h2-9,17H,10-16H2,1H3. The summed E-state index contributed by atoms with van der Waals surface area (Å²) >= 11 is 1.65. The van der Waals surface area contributed by atoms with Gasteiger partial charge in [0.05, 0.1) is 25.0 Å². The van der Waals surface area contributed by atoms with Crippen LogP contribution in [0.25, 0.3) is 11.3 Å². The summed E-state index contributed by atoms with van der Waals surface area (Å²) in [5.74, 6) is 0.402. The first-order valence-corrected chi connectivity index (χ1v) is 12.5. The van der Waals surface area contributed by atoms with E-state index in [1.165, 1.54) is 4.90 Å². The van der Waals surface area contributed by atoms with Crippen LogP contribution in [0.5, 0.6) is 5.75 Å². The number of carbonyl (C=O) groups is 3. The fourth-order valence-electron chi connectivity index (χ4n) is 4.38. The Labute approximate surface area is 207 Å². The van der Waals surface area contributed by atoms with Crippen molar-refractivity contribution in [3.8, 4) is 17.0 Å². The van der Waals surface area contributed by atoms with Crippen LogP contribution in [0.4, 0.5) is 5.69 Å². The Hall–Kier alpha value is -3.56. The molecule has 2 aliphatic rings. The highest BCUT2D eigenvalue weighted by Crippen LogP contribution is 2.26. The van der Waals surface area contributed by atoms with Gasteiger partial charge in [0.25, 0.3) is 5.91 Å². The second-order valence-electron chi connectivity index (χ2n) is 8.59. The summed E-state index contributed by atoms with van der Waals surface area (Å²) in [5, 5.41) is 3.13. The number of nitrogens with zero attached hydrogens (tertiary/aromatic N) is 4. The molecule has 0 aliphatic carbocycles. The Morgan fingerprint density at radius 3 is 2.23 bits per heavy atom. The summed E-state index contributed by atoms with van der Waals surface area (Å²) in [4.78, 5) is 47.0. The van der Waals surface area contributed by atoms with E-state index in [4.69, 9.17) is 9.72 Å². The molecule has 35 heavy (non-hydrogen) atoms. The predicted octanol–water partition coefficient (Wildman–Crippen LogP) is 3.43. The van der Waals surface area contributed by atoms with Crippen LogP contribution in [0.15, 0.2) is 53.9 Å². The number of piperazine rings is 1.